The maximum atomic E-state index is 6.01. The maximum Gasteiger partial charge on any atom is 0.119 e. The fraction of sp³-hybridized carbons (Fsp3) is 0.538. The summed E-state index contributed by atoms with van der Waals surface area (Å²) < 4.78 is 11.1. The summed E-state index contributed by atoms with van der Waals surface area (Å²) in [5.41, 5.74) is 0.135. The number of hydrogen-bond donors (Lipinski definition) is 0. The summed E-state index contributed by atoms with van der Waals surface area (Å²) in [6.07, 6.45) is 2.01. The number of rotatable bonds is 5. The van der Waals surface area contributed by atoms with Gasteiger partial charge in [0.15, 0.2) is 0 Å². The van der Waals surface area contributed by atoms with E-state index >= 15 is 0 Å². The summed E-state index contributed by atoms with van der Waals surface area (Å²) in [6, 6.07) is 9.88. The van der Waals surface area contributed by atoms with Gasteiger partial charge in [0.1, 0.15) is 5.75 Å². The van der Waals surface area contributed by atoms with Crippen molar-refractivity contribution in [2.75, 3.05) is 25.7 Å². The van der Waals surface area contributed by atoms with Crippen LogP contribution in [0.15, 0.2) is 30.3 Å². The predicted molar refractivity (Wildman–Crippen MR) is 65.1 cm³/mol. The zero-order valence-electron chi connectivity index (χ0n) is 9.32. The van der Waals surface area contributed by atoms with Crippen molar-refractivity contribution in [1.82, 2.24) is 0 Å². The van der Waals surface area contributed by atoms with Crippen LogP contribution in [0.5, 0.6) is 5.75 Å². The fourth-order valence-corrected chi connectivity index (χ4v) is 2.27. The normalized spacial score (nSPS) is 24.6. The number of alkyl halides is 1. The molecular weight excluding hydrogens is 224 g/mol. The van der Waals surface area contributed by atoms with Gasteiger partial charge in [0.25, 0.3) is 0 Å². The third kappa shape index (κ3) is 2.89. The van der Waals surface area contributed by atoms with Crippen LogP contribution in [0.4, 0.5) is 0 Å². The Balaban J connectivity index is 1.79. The van der Waals surface area contributed by atoms with Crippen LogP contribution in [0.25, 0.3) is 0 Å². The van der Waals surface area contributed by atoms with Gasteiger partial charge in [0.05, 0.1) is 13.2 Å². The Bertz CT molecular complexity index is 307. The minimum atomic E-state index is 0.135. The monoisotopic (exact) mass is 240 g/mol. The molecule has 1 heterocycles. The van der Waals surface area contributed by atoms with Crippen LogP contribution >= 0.6 is 11.6 Å². The molecule has 0 aromatic heterocycles. The van der Waals surface area contributed by atoms with E-state index < -0.39 is 0 Å². The molecule has 0 N–H and O–H groups in total. The van der Waals surface area contributed by atoms with Crippen LogP contribution in [-0.4, -0.2) is 25.7 Å². The fourth-order valence-electron chi connectivity index (χ4n) is 1.92. The molecule has 2 rings (SSSR count). The average Bonchev–Trinajstić information content (AvgIpc) is 2.80. The number of ether oxygens (including phenoxy) is 2. The quantitative estimate of drug-likeness (QED) is 0.737. The summed E-state index contributed by atoms with van der Waals surface area (Å²) >= 11 is 6.01. The van der Waals surface area contributed by atoms with Gasteiger partial charge in [-0.2, -0.15) is 0 Å². The van der Waals surface area contributed by atoms with Gasteiger partial charge in [0.2, 0.25) is 0 Å². The number of halogens is 1. The van der Waals surface area contributed by atoms with E-state index in [1.54, 1.807) is 0 Å². The van der Waals surface area contributed by atoms with Crippen LogP contribution in [0.1, 0.15) is 12.8 Å². The Morgan fingerprint density at radius 1 is 1.31 bits per heavy atom. The molecule has 88 valence electrons. The number of hydrogen-bond acceptors (Lipinski definition) is 2. The number of benzene rings is 1. The van der Waals surface area contributed by atoms with Crippen molar-refractivity contribution in [3.8, 4) is 5.75 Å². The lowest BCUT2D eigenvalue weighted by Gasteiger charge is -2.24. The molecule has 1 atom stereocenters. The van der Waals surface area contributed by atoms with Gasteiger partial charge in [-0.15, -0.1) is 11.6 Å². The lowest BCUT2D eigenvalue weighted by Crippen LogP contribution is -2.25. The minimum Gasteiger partial charge on any atom is -0.494 e. The third-order valence-electron chi connectivity index (χ3n) is 3.11. The van der Waals surface area contributed by atoms with Gasteiger partial charge in [-0.25, -0.2) is 0 Å². The van der Waals surface area contributed by atoms with Crippen molar-refractivity contribution in [2.45, 2.75) is 12.8 Å². The smallest absolute Gasteiger partial charge is 0.119 e. The van der Waals surface area contributed by atoms with E-state index in [-0.39, 0.29) is 5.41 Å². The molecule has 1 aliphatic heterocycles. The van der Waals surface area contributed by atoms with Gasteiger partial charge in [-0.05, 0) is 25.0 Å². The second-order valence-corrected chi connectivity index (χ2v) is 4.61. The van der Waals surface area contributed by atoms with Crippen molar-refractivity contribution in [2.24, 2.45) is 5.41 Å². The molecule has 1 aliphatic rings. The first-order valence-corrected chi connectivity index (χ1v) is 6.20. The lowest BCUT2D eigenvalue weighted by atomic mass is 9.86. The minimum absolute atomic E-state index is 0.135. The standard InChI is InChI=1S/C13H17ClO2/c14-10-13(6-8-15-11-13)7-9-16-12-4-2-1-3-5-12/h1-5H,6-11H2. The van der Waals surface area contributed by atoms with Crippen molar-refractivity contribution in [1.29, 1.82) is 0 Å². The van der Waals surface area contributed by atoms with Crippen molar-refractivity contribution < 1.29 is 9.47 Å². The molecule has 1 saturated heterocycles. The zero-order valence-corrected chi connectivity index (χ0v) is 10.1. The molecule has 0 amide bonds. The van der Waals surface area contributed by atoms with Crippen LogP contribution in [-0.2, 0) is 4.74 Å². The SMILES string of the molecule is ClCC1(CCOc2ccccc2)CCOC1. The third-order valence-corrected chi connectivity index (χ3v) is 3.68. The topological polar surface area (TPSA) is 18.5 Å². The first kappa shape index (κ1) is 11.7. The first-order valence-electron chi connectivity index (χ1n) is 5.66. The predicted octanol–water partition coefficient (Wildman–Crippen LogP) is 3.10. The molecule has 1 aromatic carbocycles. The Kier molecular flexibility index (Phi) is 4.08. The first-order chi connectivity index (χ1) is 7.85. The van der Waals surface area contributed by atoms with Gasteiger partial charge in [0, 0.05) is 17.9 Å². The van der Waals surface area contributed by atoms with E-state index in [1.165, 1.54) is 0 Å². The van der Waals surface area contributed by atoms with E-state index in [9.17, 15) is 0 Å². The lowest BCUT2D eigenvalue weighted by molar-refractivity contribution is 0.143. The molecule has 0 bridgehead atoms. The second-order valence-electron chi connectivity index (χ2n) is 4.35. The van der Waals surface area contributed by atoms with Gasteiger partial charge in [-0.3, -0.25) is 0 Å². The molecule has 0 radical (unpaired) electrons. The molecule has 1 fully saturated rings. The van der Waals surface area contributed by atoms with Crippen molar-refractivity contribution in [3.05, 3.63) is 30.3 Å². The van der Waals surface area contributed by atoms with Crippen LogP contribution in [0.3, 0.4) is 0 Å². The van der Waals surface area contributed by atoms with Gasteiger partial charge in [-0.1, -0.05) is 18.2 Å². The molecular formula is C13H17ClO2. The Morgan fingerprint density at radius 3 is 2.75 bits per heavy atom. The van der Waals surface area contributed by atoms with E-state index in [2.05, 4.69) is 0 Å². The highest BCUT2D eigenvalue weighted by Crippen LogP contribution is 2.33. The van der Waals surface area contributed by atoms with Gasteiger partial charge < -0.3 is 9.47 Å². The number of para-hydroxylation sites is 1. The molecule has 1 unspecified atom stereocenters. The summed E-state index contributed by atoms with van der Waals surface area (Å²) in [4.78, 5) is 0. The summed E-state index contributed by atoms with van der Waals surface area (Å²) in [5.74, 6) is 1.58. The molecule has 0 spiro atoms. The Hall–Kier alpha value is -0.730. The van der Waals surface area contributed by atoms with Crippen LogP contribution in [0.2, 0.25) is 0 Å². The van der Waals surface area contributed by atoms with E-state index in [0.717, 1.165) is 31.8 Å². The van der Waals surface area contributed by atoms with Crippen molar-refractivity contribution >= 4 is 11.6 Å². The average molecular weight is 241 g/mol. The molecule has 2 nitrogen and oxygen atoms in total. The Morgan fingerprint density at radius 2 is 2.12 bits per heavy atom. The van der Waals surface area contributed by atoms with Crippen LogP contribution in [0, 0.1) is 5.41 Å². The summed E-state index contributed by atoms with van der Waals surface area (Å²) in [5, 5.41) is 0. The molecule has 0 saturated carbocycles. The highest BCUT2D eigenvalue weighted by Gasteiger charge is 2.33. The highest BCUT2D eigenvalue weighted by molar-refractivity contribution is 6.18. The highest BCUT2D eigenvalue weighted by atomic mass is 35.5. The molecule has 16 heavy (non-hydrogen) atoms. The van der Waals surface area contributed by atoms with Gasteiger partial charge >= 0.3 is 0 Å². The summed E-state index contributed by atoms with van der Waals surface area (Å²) in [6.45, 7) is 2.31. The van der Waals surface area contributed by atoms with E-state index in [1.807, 2.05) is 30.3 Å². The molecule has 0 aliphatic carbocycles. The van der Waals surface area contributed by atoms with Crippen LogP contribution < -0.4 is 4.74 Å². The van der Waals surface area contributed by atoms with E-state index in [0.29, 0.717) is 12.5 Å². The Labute approximate surface area is 102 Å². The second kappa shape index (κ2) is 5.55. The van der Waals surface area contributed by atoms with Crippen molar-refractivity contribution in [3.63, 3.8) is 0 Å². The van der Waals surface area contributed by atoms with E-state index in [4.69, 9.17) is 21.1 Å². The maximum absolute atomic E-state index is 6.01. The summed E-state index contributed by atoms with van der Waals surface area (Å²) in [7, 11) is 0. The molecule has 1 aromatic rings. The molecule has 3 heteroatoms. The zero-order chi connectivity index (χ0) is 11.3. The largest absolute Gasteiger partial charge is 0.494 e.